The Labute approximate surface area is 102 Å². The predicted molar refractivity (Wildman–Crippen MR) is 66.5 cm³/mol. The van der Waals surface area contributed by atoms with E-state index in [2.05, 4.69) is 11.9 Å². The first-order chi connectivity index (χ1) is 8.24. The maximum atomic E-state index is 12.3. The van der Waals surface area contributed by atoms with Crippen LogP contribution in [0.1, 0.15) is 30.3 Å². The molecule has 92 valence electrons. The van der Waals surface area contributed by atoms with Crippen LogP contribution >= 0.6 is 0 Å². The summed E-state index contributed by atoms with van der Waals surface area (Å²) in [5.41, 5.74) is 6.30. The molecule has 0 saturated carbocycles. The van der Waals surface area contributed by atoms with Gasteiger partial charge in [-0.2, -0.15) is 0 Å². The molecular formula is C13H19N3O. The zero-order valence-electron chi connectivity index (χ0n) is 10.2. The molecule has 2 atom stereocenters. The van der Waals surface area contributed by atoms with Gasteiger partial charge in [0.2, 0.25) is 0 Å². The fourth-order valence-corrected chi connectivity index (χ4v) is 2.50. The molecule has 1 saturated heterocycles. The number of amides is 1. The lowest BCUT2D eigenvalue weighted by atomic mass is 9.90. The highest BCUT2D eigenvalue weighted by molar-refractivity contribution is 5.92. The summed E-state index contributed by atoms with van der Waals surface area (Å²) >= 11 is 0. The molecule has 1 fully saturated rings. The zero-order chi connectivity index (χ0) is 12.3. The average Bonchev–Trinajstić information content (AvgIpc) is 2.38. The highest BCUT2D eigenvalue weighted by atomic mass is 16.2. The Morgan fingerprint density at radius 3 is 3.06 bits per heavy atom. The monoisotopic (exact) mass is 233 g/mol. The normalized spacial score (nSPS) is 24.7. The van der Waals surface area contributed by atoms with Crippen molar-refractivity contribution in [1.82, 2.24) is 9.88 Å². The van der Waals surface area contributed by atoms with Crippen molar-refractivity contribution in [3.05, 3.63) is 30.1 Å². The molecule has 0 radical (unpaired) electrons. The molecule has 1 aromatic rings. The minimum Gasteiger partial charge on any atom is -0.333 e. The molecular weight excluding hydrogens is 214 g/mol. The van der Waals surface area contributed by atoms with E-state index in [1.807, 2.05) is 17.0 Å². The quantitative estimate of drug-likeness (QED) is 0.837. The van der Waals surface area contributed by atoms with Gasteiger partial charge in [0.25, 0.3) is 5.91 Å². The van der Waals surface area contributed by atoms with Crippen molar-refractivity contribution < 1.29 is 4.79 Å². The number of hydrogen-bond acceptors (Lipinski definition) is 3. The number of carbonyl (C=O) groups excluding carboxylic acids is 1. The molecule has 1 aliphatic rings. The van der Waals surface area contributed by atoms with Crippen molar-refractivity contribution in [3.8, 4) is 0 Å². The number of hydrogen-bond donors (Lipinski definition) is 1. The van der Waals surface area contributed by atoms with Crippen LogP contribution in [0.2, 0.25) is 0 Å². The van der Waals surface area contributed by atoms with Crippen molar-refractivity contribution in [2.75, 3.05) is 13.1 Å². The van der Waals surface area contributed by atoms with Crippen LogP contribution in [0.4, 0.5) is 0 Å². The van der Waals surface area contributed by atoms with E-state index in [9.17, 15) is 4.79 Å². The van der Waals surface area contributed by atoms with Crippen LogP contribution in [0.25, 0.3) is 0 Å². The van der Waals surface area contributed by atoms with Crippen molar-refractivity contribution in [1.29, 1.82) is 0 Å². The molecule has 1 aliphatic heterocycles. The first kappa shape index (κ1) is 12.0. The van der Waals surface area contributed by atoms with E-state index in [-0.39, 0.29) is 11.9 Å². The smallest absolute Gasteiger partial charge is 0.272 e. The fourth-order valence-electron chi connectivity index (χ4n) is 2.50. The van der Waals surface area contributed by atoms with Crippen LogP contribution in [-0.4, -0.2) is 34.9 Å². The lowest BCUT2D eigenvalue weighted by molar-refractivity contribution is 0.0526. The van der Waals surface area contributed by atoms with Gasteiger partial charge in [-0.15, -0.1) is 0 Å². The first-order valence-corrected chi connectivity index (χ1v) is 6.16. The number of piperidine rings is 1. The van der Waals surface area contributed by atoms with Gasteiger partial charge >= 0.3 is 0 Å². The summed E-state index contributed by atoms with van der Waals surface area (Å²) in [7, 11) is 0. The van der Waals surface area contributed by atoms with Gasteiger partial charge in [0, 0.05) is 25.3 Å². The molecule has 1 amide bonds. The Morgan fingerprint density at radius 1 is 1.59 bits per heavy atom. The lowest BCUT2D eigenvalue weighted by Crippen LogP contribution is -2.51. The Hall–Kier alpha value is -1.42. The molecule has 2 heterocycles. The summed E-state index contributed by atoms with van der Waals surface area (Å²) in [6.45, 7) is 3.48. The molecule has 0 unspecified atom stereocenters. The number of aromatic nitrogens is 1. The molecule has 2 rings (SSSR count). The van der Waals surface area contributed by atoms with E-state index in [0.717, 1.165) is 19.4 Å². The van der Waals surface area contributed by atoms with Crippen LogP contribution in [0.5, 0.6) is 0 Å². The summed E-state index contributed by atoms with van der Waals surface area (Å²) in [6.07, 6.45) is 3.85. The van der Waals surface area contributed by atoms with Crippen LogP contribution in [0.3, 0.4) is 0 Å². The third-order valence-electron chi connectivity index (χ3n) is 3.50. The predicted octanol–water partition coefficient (Wildman–Crippen LogP) is 1.28. The van der Waals surface area contributed by atoms with Gasteiger partial charge in [-0.1, -0.05) is 13.0 Å². The minimum absolute atomic E-state index is 0.00704. The molecule has 0 aromatic carbocycles. The van der Waals surface area contributed by atoms with Gasteiger partial charge < -0.3 is 10.6 Å². The molecule has 17 heavy (non-hydrogen) atoms. The maximum absolute atomic E-state index is 12.3. The molecule has 4 heteroatoms. The number of nitrogens with two attached hydrogens (primary N) is 1. The van der Waals surface area contributed by atoms with E-state index in [1.54, 1.807) is 12.3 Å². The summed E-state index contributed by atoms with van der Waals surface area (Å²) < 4.78 is 0. The summed E-state index contributed by atoms with van der Waals surface area (Å²) in [5, 5.41) is 0. The van der Waals surface area contributed by atoms with Crippen LogP contribution in [0, 0.1) is 5.92 Å². The van der Waals surface area contributed by atoms with Crippen molar-refractivity contribution in [3.63, 3.8) is 0 Å². The largest absolute Gasteiger partial charge is 0.333 e. The van der Waals surface area contributed by atoms with E-state index in [4.69, 9.17) is 5.73 Å². The van der Waals surface area contributed by atoms with Crippen LogP contribution in [0.15, 0.2) is 24.4 Å². The fraction of sp³-hybridized carbons (Fsp3) is 0.538. The standard InChI is InChI=1S/C13H19N3O/c1-10-5-4-8-16(12(10)9-14)13(17)11-6-2-3-7-15-11/h2-3,6-7,10,12H,4-5,8-9,14H2,1H3/t10-,12+/m0/s1. The second kappa shape index (κ2) is 5.27. The number of likely N-dealkylation sites (tertiary alicyclic amines) is 1. The molecule has 0 spiro atoms. The second-order valence-corrected chi connectivity index (χ2v) is 4.64. The first-order valence-electron chi connectivity index (χ1n) is 6.16. The van der Waals surface area contributed by atoms with Crippen molar-refractivity contribution in [2.45, 2.75) is 25.8 Å². The average molecular weight is 233 g/mol. The van der Waals surface area contributed by atoms with Gasteiger partial charge in [-0.3, -0.25) is 9.78 Å². The molecule has 1 aromatic heterocycles. The second-order valence-electron chi connectivity index (χ2n) is 4.64. The van der Waals surface area contributed by atoms with E-state index >= 15 is 0 Å². The molecule has 2 N–H and O–H groups in total. The summed E-state index contributed by atoms with van der Waals surface area (Å²) in [5.74, 6) is 0.481. The highest BCUT2D eigenvalue weighted by Crippen LogP contribution is 2.23. The summed E-state index contributed by atoms with van der Waals surface area (Å²) in [6, 6.07) is 5.56. The maximum Gasteiger partial charge on any atom is 0.272 e. The Morgan fingerprint density at radius 2 is 2.41 bits per heavy atom. The van der Waals surface area contributed by atoms with Crippen molar-refractivity contribution >= 4 is 5.91 Å². The third-order valence-corrected chi connectivity index (χ3v) is 3.50. The molecule has 4 nitrogen and oxygen atoms in total. The molecule has 0 aliphatic carbocycles. The zero-order valence-corrected chi connectivity index (χ0v) is 10.2. The van der Waals surface area contributed by atoms with E-state index < -0.39 is 0 Å². The van der Waals surface area contributed by atoms with Gasteiger partial charge in [-0.25, -0.2) is 0 Å². The van der Waals surface area contributed by atoms with Gasteiger partial charge in [0.1, 0.15) is 5.69 Å². The van der Waals surface area contributed by atoms with E-state index in [1.165, 1.54) is 0 Å². The van der Waals surface area contributed by atoms with Gasteiger partial charge in [-0.05, 0) is 30.9 Å². The minimum atomic E-state index is 0.00704. The van der Waals surface area contributed by atoms with Gasteiger partial charge in [0.05, 0.1) is 0 Å². The van der Waals surface area contributed by atoms with Gasteiger partial charge in [0.15, 0.2) is 0 Å². The topological polar surface area (TPSA) is 59.2 Å². The molecule has 0 bridgehead atoms. The summed E-state index contributed by atoms with van der Waals surface area (Å²) in [4.78, 5) is 18.3. The highest BCUT2D eigenvalue weighted by Gasteiger charge is 2.31. The lowest BCUT2D eigenvalue weighted by Gasteiger charge is -2.39. The Balaban J connectivity index is 2.18. The number of rotatable bonds is 2. The third kappa shape index (κ3) is 2.47. The van der Waals surface area contributed by atoms with Crippen molar-refractivity contribution in [2.24, 2.45) is 11.7 Å². The number of nitrogens with zero attached hydrogens (tertiary/aromatic N) is 2. The SMILES string of the molecule is C[C@H]1CCCN(C(=O)c2ccccn2)[C@@H]1CN. The Kier molecular flexibility index (Phi) is 3.74. The van der Waals surface area contributed by atoms with Crippen LogP contribution in [-0.2, 0) is 0 Å². The van der Waals surface area contributed by atoms with E-state index in [0.29, 0.717) is 18.2 Å². The number of carbonyl (C=O) groups is 1. The van der Waals surface area contributed by atoms with Crippen LogP contribution < -0.4 is 5.73 Å². The Bertz CT molecular complexity index is 380. The number of pyridine rings is 1.